The van der Waals surface area contributed by atoms with Crippen LogP contribution in [0.25, 0.3) is 0 Å². The predicted molar refractivity (Wildman–Crippen MR) is 49.8 cm³/mol. The molecule has 0 saturated carbocycles. The number of hydrogen-bond acceptors (Lipinski definition) is 4. The summed E-state index contributed by atoms with van der Waals surface area (Å²) in [4.78, 5) is 0. The third-order valence-corrected chi connectivity index (χ3v) is 1.67. The highest BCUT2D eigenvalue weighted by molar-refractivity contribution is 5.20. The summed E-state index contributed by atoms with van der Waals surface area (Å²) in [5.41, 5.74) is 0. The second-order valence-electron chi connectivity index (χ2n) is 2.82. The molecule has 0 aliphatic carbocycles. The van der Waals surface area contributed by atoms with E-state index in [2.05, 4.69) is 10.2 Å². The summed E-state index contributed by atoms with van der Waals surface area (Å²) in [6.45, 7) is 2.06. The summed E-state index contributed by atoms with van der Waals surface area (Å²) >= 11 is 0. The molecule has 0 spiro atoms. The molecule has 1 aromatic carbocycles. The van der Waals surface area contributed by atoms with Crippen LogP contribution in [-0.4, -0.2) is 10.2 Å². The second kappa shape index (κ2) is 3.91. The molecule has 0 unspecified atom stereocenters. The van der Waals surface area contributed by atoms with Gasteiger partial charge < -0.3 is 9.15 Å². The number of aryl methyl sites for hydroxylation is 1. The van der Waals surface area contributed by atoms with Crippen molar-refractivity contribution in [3.05, 3.63) is 42.1 Å². The van der Waals surface area contributed by atoms with Gasteiger partial charge in [-0.25, -0.2) is 0 Å². The molecular weight excluding hydrogens is 180 g/mol. The molecule has 2 rings (SSSR count). The third-order valence-electron chi connectivity index (χ3n) is 1.67. The quantitative estimate of drug-likeness (QED) is 0.742. The molecule has 0 saturated heterocycles. The molecule has 0 amide bonds. The minimum absolute atomic E-state index is 0.310. The Morgan fingerprint density at radius 2 is 2.00 bits per heavy atom. The molecule has 0 aliphatic rings. The molecule has 1 heterocycles. The fraction of sp³-hybridized carbons (Fsp3) is 0.200. The van der Waals surface area contributed by atoms with Gasteiger partial charge in [0.2, 0.25) is 5.89 Å². The summed E-state index contributed by atoms with van der Waals surface area (Å²) < 4.78 is 10.6. The number of rotatable bonds is 3. The van der Waals surface area contributed by atoms with Crippen molar-refractivity contribution in [1.29, 1.82) is 0 Å². The summed E-state index contributed by atoms with van der Waals surface area (Å²) in [5, 5.41) is 7.52. The molecule has 0 bridgehead atoms. The van der Waals surface area contributed by atoms with Crippen molar-refractivity contribution in [3.8, 4) is 5.75 Å². The number of ether oxygens (including phenoxy) is 1. The SMILES string of the molecule is Cc1nnc(COc2ccccc2)o1. The highest BCUT2D eigenvalue weighted by atomic mass is 16.5. The molecule has 1 aromatic heterocycles. The zero-order valence-electron chi connectivity index (χ0n) is 7.80. The summed E-state index contributed by atoms with van der Waals surface area (Å²) in [6, 6.07) is 9.51. The first-order valence-corrected chi connectivity index (χ1v) is 4.31. The zero-order chi connectivity index (χ0) is 9.80. The number of para-hydroxylation sites is 1. The van der Waals surface area contributed by atoms with Crippen LogP contribution in [0.15, 0.2) is 34.7 Å². The van der Waals surface area contributed by atoms with Gasteiger partial charge in [-0.05, 0) is 12.1 Å². The van der Waals surface area contributed by atoms with Crippen molar-refractivity contribution >= 4 is 0 Å². The minimum Gasteiger partial charge on any atom is -0.484 e. The molecule has 4 nitrogen and oxygen atoms in total. The van der Waals surface area contributed by atoms with Crippen molar-refractivity contribution in [2.45, 2.75) is 13.5 Å². The molecule has 0 atom stereocenters. The molecule has 0 radical (unpaired) electrons. The summed E-state index contributed by atoms with van der Waals surface area (Å²) in [5.74, 6) is 1.84. The van der Waals surface area contributed by atoms with Crippen molar-refractivity contribution in [2.75, 3.05) is 0 Å². The number of hydrogen-bond donors (Lipinski definition) is 0. The summed E-state index contributed by atoms with van der Waals surface area (Å²) in [6.07, 6.45) is 0. The van der Waals surface area contributed by atoms with Gasteiger partial charge in [-0.15, -0.1) is 10.2 Å². The lowest BCUT2D eigenvalue weighted by atomic mass is 10.3. The van der Waals surface area contributed by atoms with E-state index >= 15 is 0 Å². The van der Waals surface area contributed by atoms with Crippen molar-refractivity contribution in [3.63, 3.8) is 0 Å². The standard InChI is InChI=1S/C10H10N2O2/c1-8-11-12-10(14-8)7-13-9-5-3-2-4-6-9/h2-6H,7H2,1H3. The highest BCUT2D eigenvalue weighted by Gasteiger charge is 2.02. The first kappa shape index (κ1) is 8.74. The van der Waals surface area contributed by atoms with Crippen molar-refractivity contribution in [2.24, 2.45) is 0 Å². The Kier molecular flexibility index (Phi) is 2.44. The Balaban J connectivity index is 1.95. The van der Waals surface area contributed by atoms with E-state index in [0.717, 1.165) is 5.75 Å². The maximum atomic E-state index is 5.41. The Bertz CT molecular complexity index is 398. The molecule has 0 aliphatic heterocycles. The average Bonchev–Trinajstić information content (AvgIpc) is 2.63. The molecule has 14 heavy (non-hydrogen) atoms. The Morgan fingerprint density at radius 3 is 2.64 bits per heavy atom. The van der Waals surface area contributed by atoms with Crippen LogP contribution in [0.3, 0.4) is 0 Å². The van der Waals surface area contributed by atoms with E-state index in [4.69, 9.17) is 9.15 Å². The third kappa shape index (κ3) is 2.10. The minimum atomic E-state index is 0.310. The van der Waals surface area contributed by atoms with Gasteiger partial charge >= 0.3 is 0 Å². The maximum absolute atomic E-state index is 5.41. The molecule has 4 heteroatoms. The lowest BCUT2D eigenvalue weighted by Gasteiger charge is -2.01. The normalized spacial score (nSPS) is 10.1. The van der Waals surface area contributed by atoms with Gasteiger partial charge in [0, 0.05) is 6.92 Å². The predicted octanol–water partition coefficient (Wildman–Crippen LogP) is 1.96. The molecule has 0 fully saturated rings. The second-order valence-corrected chi connectivity index (χ2v) is 2.82. The van der Waals surface area contributed by atoms with Crippen LogP contribution in [0.2, 0.25) is 0 Å². The van der Waals surface area contributed by atoms with Crippen LogP contribution in [0.4, 0.5) is 0 Å². The zero-order valence-corrected chi connectivity index (χ0v) is 7.80. The van der Waals surface area contributed by atoms with Crippen LogP contribution >= 0.6 is 0 Å². The average molecular weight is 190 g/mol. The Morgan fingerprint density at radius 1 is 1.21 bits per heavy atom. The molecule has 2 aromatic rings. The maximum Gasteiger partial charge on any atom is 0.253 e. The van der Waals surface area contributed by atoms with E-state index in [1.807, 2.05) is 30.3 Å². The lowest BCUT2D eigenvalue weighted by molar-refractivity contribution is 0.260. The van der Waals surface area contributed by atoms with Gasteiger partial charge in [-0.1, -0.05) is 18.2 Å². The monoisotopic (exact) mass is 190 g/mol. The van der Waals surface area contributed by atoms with Gasteiger partial charge in [-0.2, -0.15) is 0 Å². The highest BCUT2D eigenvalue weighted by Crippen LogP contribution is 2.10. The van der Waals surface area contributed by atoms with E-state index in [1.165, 1.54) is 0 Å². The van der Waals surface area contributed by atoms with Gasteiger partial charge in [0.25, 0.3) is 5.89 Å². The Hall–Kier alpha value is -1.84. The topological polar surface area (TPSA) is 48.2 Å². The molecule has 0 N–H and O–H groups in total. The number of nitrogens with zero attached hydrogens (tertiary/aromatic N) is 2. The van der Waals surface area contributed by atoms with Crippen LogP contribution < -0.4 is 4.74 Å². The van der Waals surface area contributed by atoms with E-state index in [1.54, 1.807) is 6.92 Å². The van der Waals surface area contributed by atoms with Crippen molar-refractivity contribution in [1.82, 2.24) is 10.2 Å². The van der Waals surface area contributed by atoms with E-state index in [9.17, 15) is 0 Å². The smallest absolute Gasteiger partial charge is 0.253 e. The van der Waals surface area contributed by atoms with Crippen LogP contribution in [0, 0.1) is 6.92 Å². The Labute approximate surface area is 81.5 Å². The van der Waals surface area contributed by atoms with Gasteiger partial charge in [0.1, 0.15) is 5.75 Å². The van der Waals surface area contributed by atoms with Crippen LogP contribution in [-0.2, 0) is 6.61 Å². The first-order valence-electron chi connectivity index (χ1n) is 4.31. The van der Waals surface area contributed by atoms with Gasteiger partial charge in [0.05, 0.1) is 0 Å². The fourth-order valence-corrected chi connectivity index (χ4v) is 1.06. The van der Waals surface area contributed by atoms with Crippen LogP contribution in [0.5, 0.6) is 5.75 Å². The summed E-state index contributed by atoms with van der Waals surface area (Å²) in [7, 11) is 0. The lowest BCUT2D eigenvalue weighted by Crippen LogP contribution is -1.95. The van der Waals surface area contributed by atoms with Gasteiger partial charge in [-0.3, -0.25) is 0 Å². The van der Waals surface area contributed by atoms with E-state index in [-0.39, 0.29) is 0 Å². The molecule has 72 valence electrons. The van der Waals surface area contributed by atoms with Crippen LogP contribution in [0.1, 0.15) is 11.8 Å². The largest absolute Gasteiger partial charge is 0.484 e. The van der Waals surface area contributed by atoms with E-state index in [0.29, 0.717) is 18.4 Å². The number of benzene rings is 1. The fourth-order valence-electron chi connectivity index (χ4n) is 1.06. The van der Waals surface area contributed by atoms with Gasteiger partial charge in [0.15, 0.2) is 6.61 Å². The van der Waals surface area contributed by atoms with E-state index < -0.39 is 0 Å². The number of aromatic nitrogens is 2. The first-order chi connectivity index (χ1) is 6.84. The molecular formula is C10H10N2O2. The van der Waals surface area contributed by atoms with Crippen molar-refractivity contribution < 1.29 is 9.15 Å².